The van der Waals surface area contributed by atoms with Crippen LogP contribution in [0.4, 0.5) is 11.4 Å². The van der Waals surface area contributed by atoms with Crippen molar-refractivity contribution >= 4 is 23.3 Å². The fourth-order valence-corrected chi connectivity index (χ4v) is 3.35. The van der Waals surface area contributed by atoms with Gasteiger partial charge in [-0.3, -0.25) is 14.9 Å². The van der Waals surface area contributed by atoms with Crippen molar-refractivity contribution in [2.45, 2.75) is 13.5 Å². The van der Waals surface area contributed by atoms with Crippen LogP contribution in [0, 0.1) is 17.0 Å². The van der Waals surface area contributed by atoms with Gasteiger partial charge in [-0.2, -0.15) is 0 Å². The molecule has 37 heavy (non-hydrogen) atoms. The predicted octanol–water partition coefficient (Wildman–Crippen LogP) is 5.91. The minimum absolute atomic E-state index is 0.00693. The highest BCUT2D eigenvalue weighted by Gasteiger charge is 2.17. The van der Waals surface area contributed by atoms with Crippen molar-refractivity contribution in [3.8, 4) is 17.2 Å². The van der Waals surface area contributed by atoms with Crippen LogP contribution in [-0.2, 0) is 11.3 Å². The highest BCUT2D eigenvalue weighted by atomic mass is 16.6. The lowest BCUT2D eigenvalue weighted by Gasteiger charge is -2.10. The molecule has 0 unspecified atom stereocenters. The third kappa shape index (κ3) is 6.31. The summed E-state index contributed by atoms with van der Waals surface area (Å²) in [5.74, 6) is 0.550. The summed E-state index contributed by atoms with van der Waals surface area (Å²) >= 11 is 0. The van der Waals surface area contributed by atoms with E-state index in [-0.39, 0.29) is 29.5 Å². The Morgan fingerprint density at radius 1 is 0.973 bits per heavy atom. The van der Waals surface area contributed by atoms with Gasteiger partial charge in [0.25, 0.3) is 11.6 Å². The molecule has 1 aromatic heterocycles. The molecule has 0 fully saturated rings. The summed E-state index contributed by atoms with van der Waals surface area (Å²) in [5.41, 5.74) is 1.17. The van der Waals surface area contributed by atoms with E-state index in [1.54, 1.807) is 42.5 Å². The molecular weight excluding hydrogens is 480 g/mol. The predicted molar refractivity (Wildman–Crippen MR) is 133 cm³/mol. The first-order chi connectivity index (χ1) is 17.8. The van der Waals surface area contributed by atoms with E-state index in [9.17, 15) is 19.7 Å². The van der Waals surface area contributed by atoms with Crippen molar-refractivity contribution < 1.29 is 33.1 Å². The molecule has 4 aromatic rings. The van der Waals surface area contributed by atoms with Crippen LogP contribution in [0.15, 0.2) is 83.3 Å². The lowest BCUT2D eigenvalue weighted by molar-refractivity contribution is -0.384. The van der Waals surface area contributed by atoms with Crippen LogP contribution in [0.25, 0.3) is 0 Å². The summed E-state index contributed by atoms with van der Waals surface area (Å²) in [6, 6.07) is 20.6. The van der Waals surface area contributed by atoms with Crippen LogP contribution in [0.1, 0.15) is 32.2 Å². The Balaban J connectivity index is 1.43. The number of carbonyl (C=O) groups is 2. The number of nitrogens with one attached hydrogen (secondary N) is 1. The second-order valence-corrected chi connectivity index (χ2v) is 7.86. The number of benzene rings is 3. The molecular formula is C27H22N2O8. The smallest absolute Gasteiger partial charge is 0.337 e. The van der Waals surface area contributed by atoms with Gasteiger partial charge < -0.3 is 23.9 Å². The number of nitrogens with zero attached hydrogens (tertiary/aromatic N) is 1. The van der Waals surface area contributed by atoms with Gasteiger partial charge >= 0.3 is 5.97 Å². The van der Waals surface area contributed by atoms with Gasteiger partial charge in [-0.05, 0) is 55.0 Å². The molecule has 0 spiro atoms. The van der Waals surface area contributed by atoms with Crippen molar-refractivity contribution in [2.75, 3.05) is 12.4 Å². The third-order valence-corrected chi connectivity index (χ3v) is 5.22. The van der Waals surface area contributed by atoms with Gasteiger partial charge in [-0.15, -0.1) is 0 Å². The van der Waals surface area contributed by atoms with Gasteiger partial charge in [0.05, 0.1) is 29.4 Å². The largest absolute Gasteiger partial charge is 0.486 e. The fourth-order valence-electron chi connectivity index (χ4n) is 3.35. The molecule has 0 aliphatic rings. The number of rotatable bonds is 9. The standard InChI is InChI=1S/C27H22N2O8/c1-17-5-3-4-6-24(17)37-23-14-19(13-20(15-23)29(32)33)28-26(30)25-12-11-22(36-25)16-35-21-9-7-18(8-10-21)27(31)34-2/h3-15H,16H2,1-2H3,(H,28,30). The van der Waals surface area contributed by atoms with Crippen LogP contribution < -0.4 is 14.8 Å². The molecule has 3 aromatic carbocycles. The molecule has 1 N–H and O–H groups in total. The summed E-state index contributed by atoms with van der Waals surface area (Å²) in [6.45, 7) is 1.89. The number of ether oxygens (including phenoxy) is 3. The zero-order valence-electron chi connectivity index (χ0n) is 19.9. The lowest BCUT2D eigenvalue weighted by Crippen LogP contribution is -2.11. The maximum absolute atomic E-state index is 12.7. The van der Waals surface area contributed by atoms with Crippen LogP contribution >= 0.6 is 0 Å². The molecule has 0 bridgehead atoms. The second kappa shape index (κ2) is 11.1. The molecule has 10 heteroatoms. The first kappa shape index (κ1) is 25.0. The lowest BCUT2D eigenvalue weighted by atomic mass is 10.2. The quantitative estimate of drug-likeness (QED) is 0.170. The van der Waals surface area contributed by atoms with Gasteiger partial charge in [0.1, 0.15) is 29.6 Å². The maximum Gasteiger partial charge on any atom is 0.337 e. The number of amides is 1. The van der Waals surface area contributed by atoms with Gasteiger partial charge in [-0.25, -0.2) is 4.79 Å². The molecule has 1 heterocycles. The van der Waals surface area contributed by atoms with E-state index in [0.717, 1.165) is 5.56 Å². The number of methoxy groups -OCH3 is 1. The molecule has 4 rings (SSSR count). The van der Waals surface area contributed by atoms with Crippen molar-refractivity contribution in [2.24, 2.45) is 0 Å². The summed E-state index contributed by atoms with van der Waals surface area (Å²) in [7, 11) is 1.30. The Morgan fingerprint density at radius 3 is 2.43 bits per heavy atom. The van der Waals surface area contributed by atoms with E-state index in [1.165, 1.54) is 31.4 Å². The first-order valence-electron chi connectivity index (χ1n) is 11.1. The van der Waals surface area contributed by atoms with Crippen LogP contribution in [0.3, 0.4) is 0 Å². The summed E-state index contributed by atoms with van der Waals surface area (Å²) in [4.78, 5) is 35.1. The zero-order chi connectivity index (χ0) is 26.4. The molecule has 1 amide bonds. The Bertz CT molecular complexity index is 1440. The molecule has 0 saturated carbocycles. The minimum atomic E-state index is -0.601. The van der Waals surface area contributed by atoms with Gasteiger partial charge in [0, 0.05) is 12.1 Å². The Kier molecular flexibility index (Phi) is 7.48. The van der Waals surface area contributed by atoms with Crippen molar-refractivity contribution in [3.05, 3.63) is 112 Å². The summed E-state index contributed by atoms with van der Waals surface area (Å²) < 4.78 is 21.7. The number of hydrogen-bond donors (Lipinski definition) is 1. The topological polar surface area (TPSA) is 130 Å². The number of para-hydroxylation sites is 1. The van der Waals surface area contributed by atoms with Crippen molar-refractivity contribution in [1.82, 2.24) is 0 Å². The van der Waals surface area contributed by atoms with Crippen molar-refractivity contribution in [3.63, 3.8) is 0 Å². The Morgan fingerprint density at radius 2 is 1.73 bits per heavy atom. The molecule has 0 aliphatic heterocycles. The van der Waals surface area contributed by atoms with E-state index >= 15 is 0 Å². The summed E-state index contributed by atoms with van der Waals surface area (Å²) in [5, 5.41) is 14.0. The molecule has 10 nitrogen and oxygen atoms in total. The number of esters is 1. The zero-order valence-corrected chi connectivity index (χ0v) is 19.9. The minimum Gasteiger partial charge on any atom is -0.486 e. The normalized spacial score (nSPS) is 10.4. The molecule has 188 valence electrons. The van der Waals surface area contributed by atoms with E-state index in [0.29, 0.717) is 22.8 Å². The second-order valence-electron chi connectivity index (χ2n) is 7.86. The number of hydrogen-bond acceptors (Lipinski definition) is 8. The number of furan rings is 1. The van der Waals surface area contributed by atoms with Crippen molar-refractivity contribution in [1.29, 1.82) is 0 Å². The molecule has 0 radical (unpaired) electrons. The number of nitro benzene ring substituents is 1. The average Bonchev–Trinajstić information content (AvgIpc) is 3.38. The fraction of sp³-hybridized carbons (Fsp3) is 0.111. The van der Waals surface area contributed by atoms with E-state index in [1.807, 2.05) is 19.1 Å². The summed E-state index contributed by atoms with van der Waals surface area (Å²) in [6.07, 6.45) is 0. The number of non-ortho nitro benzene ring substituents is 1. The monoisotopic (exact) mass is 502 g/mol. The Labute approximate surface area is 211 Å². The van der Waals surface area contributed by atoms with Crippen LogP contribution in [0.2, 0.25) is 0 Å². The maximum atomic E-state index is 12.7. The molecule has 0 atom stereocenters. The number of aryl methyl sites for hydroxylation is 1. The first-order valence-corrected chi connectivity index (χ1v) is 11.1. The highest BCUT2D eigenvalue weighted by Crippen LogP contribution is 2.31. The third-order valence-electron chi connectivity index (χ3n) is 5.22. The molecule has 0 aliphatic carbocycles. The van der Waals surface area contributed by atoms with Crippen LogP contribution in [-0.4, -0.2) is 23.9 Å². The van der Waals surface area contributed by atoms with Gasteiger partial charge in [0.2, 0.25) is 0 Å². The average molecular weight is 502 g/mol. The van der Waals surface area contributed by atoms with Gasteiger partial charge in [0.15, 0.2) is 5.76 Å². The number of carbonyl (C=O) groups excluding carboxylic acids is 2. The highest BCUT2D eigenvalue weighted by molar-refractivity contribution is 6.02. The number of nitro groups is 1. The van der Waals surface area contributed by atoms with E-state index < -0.39 is 16.8 Å². The van der Waals surface area contributed by atoms with E-state index in [4.69, 9.17) is 13.9 Å². The Hall–Kier alpha value is -5.12. The number of anilines is 1. The molecule has 0 saturated heterocycles. The van der Waals surface area contributed by atoms with Gasteiger partial charge in [-0.1, -0.05) is 18.2 Å². The SMILES string of the molecule is COC(=O)c1ccc(OCc2ccc(C(=O)Nc3cc(Oc4ccccc4C)cc([N+](=O)[O-])c3)o2)cc1. The van der Waals surface area contributed by atoms with Crippen LogP contribution in [0.5, 0.6) is 17.2 Å². The van der Waals surface area contributed by atoms with E-state index in [2.05, 4.69) is 10.1 Å².